The zero-order valence-electron chi connectivity index (χ0n) is 15.5. The summed E-state index contributed by atoms with van der Waals surface area (Å²) in [7, 11) is 0. The monoisotopic (exact) mass is 340 g/mol. The molecule has 0 amide bonds. The summed E-state index contributed by atoms with van der Waals surface area (Å²) >= 11 is 0. The Bertz CT molecular complexity index is 565. The Kier molecular flexibility index (Phi) is 8.74. The number of carbonyl (C=O) groups is 1. The summed E-state index contributed by atoms with van der Waals surface area (Å²) in [6.07, 6.45) is 1.98. The van der Waals surface area contributed by atoms with Crippen molar-refractivity contribution in [3.8, 4) is 0 Å². The van der Waals surface area contributed by atoms with Gasteiger partial charge >= 0.3 is 24.8 Å². The van der Waals surface area contributed by atoms with Crippen LogP contribution < -0.4 is 24.0 Å². The fourth-order valence-corrected chi connectivity index (χ4v) is 2.27. The molecule has 0 N–H and O–H groups in total. The van der Waals surface area contributed by atoms with Crippen LogP contribution >= 0.6 is 0 Å². The Labute approximate surface area is 161 Å². The van der Waals surface area contributed by atoms with Gasteiger partial charge in [0, 0.05) is 6.08 Å². The summed E-state index contributed by atoms with van der Waals surface area (Å²) in [5.74, 6) is -0.823. The molecule has 1 aliphatic rings. The molecule has 1 fully saturated rings. The molecule has 1 heterocycles. The number of ether oxygens (including phenoxy) is 3. The van der Waals surface area contributed by atoms with Crippen molar-refractivity contribution in [2.45, 2.75) is 58.0 Å². The number of esters is 1. The summed E-state index contributed by atoms with van der Waals surface area (Å²) in [6, 6.07) is 9.94. The minimum absolute atomic E-state index is 0. The van der Waals surface area contributed by atoms with Crippen molar-refractivity contribution in [2.75, 3.05) is 6.61 Å². The van der Waals surface area contributed by atoms with E-state index in [1.165, 1.54) is 0 Å². The van der Waals surface area contributed by atoms with E-state index in [1.54, 1.807) is 20.8 Å². The first-order valence-corrected chi connectivity index (χ1v) is 8.21. The quantitative estimate of drug-likeness (QED) is 0.207. The Morgan fingerprint density at radius 1 is 1.24 bits per heavy atom. The van der Waals surface area contributed by atoms with Crippen LogP contribution in [0.1, 0.15) is 39.2 Å². The summed E-state index contributed by atoms with van der Waals surface area (Å²) in [4.78, 5) is 11.5. The van der Waals surface area contributed by atoms with Gasteiger partial charge in [-0.3, -0.25) is 0 Å². The van der Waals surface area contributed by atoms with Crippen molar-refractivity contribution in [1.82, 2.24) is 0 Å². The normalized spacial score (nSPS) is 19.9. The third-order valence-electron chi connectivity index (χ3n) is 3.44. The molecule has 1 saturated heterocycles. The van der Waals surface area contributed by atoms with Crippen molar-refractivity contribution >= 4 is 5.97 Å². The number of benzene rings is 1. The molecule has 25 heavy (non-hydrogen) atoms. The third-order valence-corrected chi connectivity index (χ3v) is 3.44. The van der Waals surface area contributed by atoms with Gasteiger partial charge in [-0.05, 0) is 39.2 Å². The zero-order chi connectivity index (χ0) is 17.6. The van der Waals surface area contributed by atoms with Crippen LogP contribution in [0.15, 0.2) is 42.2 Å². The van der Waals surface area contributed by atoms with E-state index in [9.17, 15) is 9.90 Å². The van der Waals surface area contributed by atoms with Gasteiger partial charge in [-0.2, -0.15) is 0 Å². The number of rotatable bonds is 8. The molecule has 0 radical (unpaired) electrons. The van der Waals surface area contributed by atoms with Crippen LogP contribution in [-0.4, -0.2) is 30.4 Å². The fourth-order valence-electron chi connectivity index (χ4n) is 2.27. The van der Waals surface area contributed by atoms with E-state index in [1.807, 2.05) is 30.3 Å². The van der Waals surface area contributed by atoms with Gasteiger partial charge in [0.25, 0.3) is 0 Å². The number of epoxide rings is 1. The van der Waals surface area contributed by atoms with E-state index in [0.717, 1.165) is 11.6 Å². The van der Waals surface area contributed by atoms with Crippen LogP contribution in [-0.2, 0) is 25.6 Å². The Morgan fingerprint density at radius 3 is 2.56 bits per heavy atom. The minimum atomic E-state index is -0.591. The first kappa shape index (κ1) is 21.8. The molecule has 0 bridgehead atoms. The van der Waals surface area contributed by atoms with Gasteiger partial charge in [0.05, 0.1) is 19.3 Å². The molecular formula is C19H25LiO5. The van der Waals surface area contributed by atoms with Gasteiger partial charge in [0.2, 0.25) is 0 Å². The SMILES string of the molecule is CC(C)(C)OC(=O)/C=C(\[O-])CC[C@@H]1O[C@@H]1COCc1ccccc1.[Li+]. The van der Waals surface area contributed by atoms with Crippen molar-refractivity contribution in [3.63, 3.8) is 0 Å². The van der Waals surface area contributed by atoms with Crippen LogP contribution in [0.4, 0.5) is 0 Å². The van der Waals surface area contributed by atoms with E-state index >= 15 is 0 Å². The molecule has 0 saturated carbocycles. The second-order valence-electron chi connectivity index (χ2n) is 6.90. The second kappa shape index (κ2) is 10.0. The predicted octanol–water partition coefficient (Wildman–Crippen LogP) is -0.659. The maximum Gasteiger partial charge on any atom is 1.00 e. The molecule has 2 rings (SSSR count). The fraction of sp³-hybridized carbons (Fsp3) is 0.526. The third kappa shape index (κ3) is 9.13. The van der Waals surface area contributed by atoms with E-state index in [-0.39, 0.29) is 43.2 Å². The maximum atomic E-state index is 11.7. The smallest absolute Gasteiger partial charge is 0.875 e. The molecule has 5 nitrogen and oxygen atoms in total. The molecule has 0 unspecified atom stereocenters. The van der Waals surface area contributed by atoms with Gasteiger partial charge in [-0.1, -0.05) is 30.3 Å². The molecule has 1 aromatic rings. The molecule has 2 atom stereocenters. The van der Waals surface area contributed by atoms with Crippen molar-refractivity contribution in [2.24, 2.45) is 0 Å². The average Bonchev–Trinajstić information content (AvgIpc) is 3.23. The first-order valence-electron chi connectivity index (χ1n) is 8.21. The number of carbonyl (C=O) groups excluding carboxylic acids is 1. The van der Waals surface area contributed by atoms with Gasteiger partial charge in [-0.25, -0.2) is 4.79 Å². The molecule has 1 aromatic carbocycles. The molecule has 1 aliphatic heterocycles. The Balaban J connectivity index is 0.00000312. The molecule has 0 aromatic heterocycles. The van der Waals surface area contributed by atoms with Gasteiger partial charge in [-0.15, -0.1) is 5.76 Å². The predicted molar refractivity (Wildman–Crippen MR) is 87.9 cm³/mol. The first-order chi connectivity index (χ1) is 11.3. The minimum Gasteiger partial charge on any atom is -0.875 e. The number of hydrogen-bond acceptors (Lipinski definition) is 5. The van der Waals surface area contributed by atoms with E-state index in [2.05, 4.69) is 0 Å². The van der Waals surface area contributed by atoms with Crippen LogP contribution in [0.5, 0.6) is 0 Å². The standard InChI is InChI=1S/C19H26O5.Li/c1-19(2,3)24-18(21)11-15(20)9-10-16-17(23-16)13-22-12-14-7-5-4-6-8-14;/h4-8,11,16-17,20H,9-10,12-13H2,1-3H3;/q;+1/p-1/b15-11-;/t16-,17+;/m0./s1. The summed E-state index contributed by atoms with van der Waals surface area (Å²) < 4.78 is 16.2. The summed E-state index contributed by atoms with van der Waals surface area (Å²) in [5, 5.41) is 11.7. The molecule has 0 aliphatic carbocycles. The van der Waals surface area contributed by atoms with Crippen LogP contribution in [0.3, 0.4) is 0 Å². The van der Waals surface area contributed by atoms with Crippen LogP contribution in [0.2, 0.25) is 0 Å². The van der Waals surface area contributed by atoms with E-state index in [0.29, 0.717) is 19.6 Å². The Morgan fingerprint density at radius 2 is 1.92 bits per heavy atom. The van der Waals surface area contributed by atoms with Crippen LogP contribution in [0, 0.1) is 0 Å². The molecular weight excluding hydrogens is 315 g/mol. The average molecular weight is 340 g/mol. The topological polar surface area (TPSA) is 71.1 Å². The molecule has 6 heteroatoms. The number of allylic oxidation sites excluding steroid dienone is 1. The van der Waals surface area contributed by atoms with Gasteiger partial charge in [0.15, 0.2) is 0 Å². The summed E-state index contributed by atoms with van der Waals surface area (Å²) in [5.41, 5.74) is 0.533. The van der Waals surface area contributed by atoms with Crippen molar-refractivity contribution in [3.05, 3.63) is 47.7 Å². The van der Waals surface area contributed by atoms with E-state index in [4.69, 9.17) is 14.2 Å². The molecule has 132 valence electrons. The Hall–Kier alpha value is -1.25. The van der Waals surface area contributed by atoms with Crippen molar-refractivity contribution in [1.29, 1.82) is 0 Å². The van der Waals surface area contributed by atoms with E-state index < -0.39 is 11.6 Å². The van der Waals surface area contributed by atoms with Crippen LogP contribution in [0.25, 0.3) is 0 Å². The largest absolute Gasteiger partial charge is 1.00 e. The molecule has 0 spiro atoms. The van der Waals surface area contributed by atoms with Gasteiger partial charge in [0.1, 0.15) is 11.7 Å². The number of hydrogen-bond donors (Lipinski definition) is 0. The zero-order valence-corrected chi connectivity index (χ0v) is 15.5. The van der Waals surface area contributed by atoms with Crippen molar-refractivity contribution < 1.29 is 43.0 Å². The van der Waals surface area contributed by atoms with Gasteiger partial charge < -0.3 is 19.3 Å². The second-order valence-corrected chi connectivity index (χ2v) is 6.90. The summed E-state index contributed by atoms with van der Waals surface area (Å²) in [6.45, 7) is 6.37. The maximum absolute atomic E-state index is 11.7.